The number of allylic oxidation sites excluding steroid dienone is 1. The zero-order valence-corrected chi connectivity index (χ0v) is 12.4. The number of aliphatic carboxylic acids is 1. The summed E-state index contributed by atoms with van der Waals surface area (Å²) in [6.07, 6.45) is 0. The molecule has 106 valence electrons. The number of thioether (sulfide) groups is 1. The topological polar surface area (TPSA) is 55.1 Å². The van der Waals surface area contributed by atoms with Gasteiger partial charge in [-0.25, -0.2) is 9.37 Å². The Kier molecular flexibility index (Phi) is 4.57. The van der Waals surface area contributed by atoms with E-state index in [-0.39, 0.29) is 17.3 Å². The number of rotatable bonds is 5. The van der Waals surface area contributed by atoms with Crippen molar-refractivity contribution < 1.29 is 14.3 Å². The van der Waals surface area contributed by atoms with Gasteiger partial charge in [0.25, 0.3) is 0 Å². The predicted molar refractivity (Wildman–Crippen MR) is 78.1 cm³/mol. The van der Waals surface area contributed by atoms with Gasteiger partial charge in [-0.15, -0.1) is 0 Å². The quantitative estimate of drug-likeness (QED) is 0.846. The van der Waals surface area contributed by atoms with Crippen molar-refractivity contribution in [2.24, 2.45) is 0 Å². The number of fused-ring (bicyclic) bond motifs is 1. The second kappa shape index (κ2) is 6.03. The van der Waals surface area contributed by atoms with E-state index in [4.69, 9.17) is 28.3 Å². The molecule has 0 radical (unpaired) electrons. The molecular formula is C12H9Cl2FN2O2S. The molecule has 1 aromatic carbocycles. The average molecular weight is 335 g/mol. The molecule has 2 aromatic rings. The molecule has 0 unspecified atom stereocenters. The molecule has 1 N–H and O–H groups in total. The summed E-state index contributed by atoms with van der Waals surface area (Å²) in [5, 5.41) is 9.44. The number of carbonyl (C=O) groups is 1. The van der Waals surface area contributed by atoms with Crippen molar-refractivity contribution in [2.45, 2.75) is 11.7 Å². The number of imidazole rings is 1. The molecule has 0 spiro atoms. The fourth-order valence-corrected chi connectivity index (χ4v) is 2.67. The van der Waals surface area contributed by atoms with E-state index in [0.29, 0.717) is 21.2 Å². The molecule has 0 saturated carbocycles. The Morgan fingerprint density at radius 2 is 2.25 bits per heavy atom. The highest BCUT2D eigenvalue weighted by Gasteiger charge is 2.15. The van der Waals surface area contributed by atoms with E-state index in [9.17, 15) is 9.18 Å². The Morgan fingerprint density at radius 1 is 1.55 bits per heavy atom. The molecule has 0 aliphatic rings. The Labute approximate surface area is 128 Å². The molecule has 0 bridgehead atoms. The van der Waals surface area contributed by atoms with Gasteiger partial charge in [-0.3, -0.25) is 4.79 Å². The van der Waals surface area contributed by atoms with Gasteiger partial charge < -0.3 is 9.67 Å². The second-order valence-electron chi connectivity index (χ2n) is 3.94. The molecule has 0 amide bonds. The molecule has 2 rings (SSSR count). The summed E-state index contributed by atoms with van der Waals surface area (Å²) in [6, 6.07) is 2.64. The van der Waals surface area contributed by atoms with Crippen LogP contribution < -0.4 is 0 Å². The summed E-state index contributed by atoms with van der Waals surface area (Å²) in [5.41, 5.74) is 0.962. The summed E-state index contributed by atoms with van der Waals surface area (Å²) in [5.74, 6) is -1.70. The fraction of sp³-hybridized carbons (Fsp3) is 0.167. The summed E-state index contributed by atoms with van der Waals surface area (Å²) in [4.78, 5) is 14.9. The summed E-state index contributed by atoms with van der Waals surface area (Å²) < 4.78 is 15.2. The monoisotopic (exact) mass is 334 g/mol. The molecule has 1 aromatic heterocycles. The van der Waals surface area contributed by atoms with Crippen LogP contribution in [0.3, 0.4) is 0 Å². The number of benzene rings is 1. The SMILES string of the molecule is C=C(Cl)Cn1c(SCC(=O)O)nc2cc(Cl)c(F)cc21. The van der Waals surface area contributed by atoms with Gasteiger partial charge in [-0.1, -0.05) is 41.5 Å². The highest BCUT2D eigenvalue weighted by atomic mass is 35.5. The lowest BCUT2D eigenvalue weighted by Crippen LogP contribution is -2.03. The van der Waals surface area contributed by atoms with Crippen LogP contribution in [0, 0.1) is 5.82 Å². The molecule has 0 atom stereocenters. The van der Waals surface area contributed by atoms with Crippen LogP contribution in [0.25, 0.3) is 11.0 Å². The number of hydrogen-bond acceptors (Lipinski definition) is 3. The molecule has 1 heterocycles. The standard InChI is InChI=1S/C12H9Cl2FN2O2S/c1-6(13)4-17-10-3-8(15)7(14)2-9(10)16-12(17)20-5-11(18)19/h2-3H,1,4-5H2,(H,18,19). The number of aromatic nitrogens is 2. The first-order chi connectivity index (χ1) is 9.38. The smallest absolute Gasteiger partial charge is 0.313 e. The van der Waals surface area contributed by atoms with E-state index in [1.807, 2.05) is 0 Å². The van der Waals surface area contributed by atoms with Crippen LogP contribution in [0.1, 0.15) is 0 Å². The third-order valence-electron chi connectivity index (χ3n) is 2.41. The summed E-state index contributed by atoms with van der Waals surface area (Å²) in [6.45, 7) is 3.79. The molecule has 0 aliphatic carbocycles. The van der Waals surface area contributed by atoms with Crippen LogP contribution in [-0.4, -0.2) is 26.4 Å². The van der Waals surface area contributed by atoms with Crippen molar-refractivity contribution in [3.63, 3.8) is 0 Å². The van der Waals surface area contributed by atoms with Crippen molar-refractivity contribution in [2.75, 3.05) is 5.75 Å². The van der Waals surface area contributed by atoms with Crippen molar-refractivity contribution >= 4 is 52.0 Å². The van der Waals surface area contributed by atoms with Gasteiger partial charge in [0.2, 0.25) is 0 Å². The maximum atomic E-state index is 13.6. The average Bonchev–Trinajstić information content (AvgIpc) is 2.65. The normalized spacial score (nSPS) is 10.9. The van der Waals surface area contributed by atoms with Crippen molar-refractivity contribution in [1.29, 1.82) is 0 Å². The van der Waals surface area contributed by atoms with Gasteiger partial charge in [0.15, 0.2) is 5.16 Å². The first-order valence-corrected chi connectivity index (χ1v) is 7.16. The lowest BCUT2D eigenvalue weighted by atomic mass is 10.3. The summed E-state index contributed by atoms with van der Waals surface area (Å²) in [7, 11) is 0. The fourth-order valence-electron chi connectivity index (χ4n) is 1.66. The van der Waals surface area contributed by atoms with Crippen LogP contribution in [0.2, 0.25) is 5.02 Å². The van der Waals surface area contributed by atoms with Crippen LogP contribution in [0.4, 0.5) is 4.39 Å². The lowest BCUT2D eigenvalue weighted by molar-refractivity contribution is -0.133. The maximum absolute atomic E-state index is 13.6. The van der Waals surface area contributed by atoms with E-state index in [0.717, 1.165) is 11.8 Å². The van der Waals surface area contributed by atoms with E-state index in [1.165, 1.54) is 12.1 Å². The first kappa shape index (κ1) is 15.2. The van der Waals surface area contributed by atoms with Crippen molar-refractivity contribution in [1.82, 2.24) is 9.55 Å². The van der Waals surface area contributed by atoms with E-state index in [2.05, 4.69) is 11.6 Å². The minimum Gasteiger partial charge on any atom is -0.481 e. The molecule has 0 saturated heterocycles. The minimum absolute atomic E-state index is 0.0402. The van der Waals surface area contributed by atoms with Crippen LogP contribution in [0.15, 0.2) is 28.9 Å². The van der Waals surface area contributed by atoms with Gasteiger partial charge in [0, 0.05) is 11.1 Å². The van der Waals surface area contributed by atoms with Crippen LogP contribution in [-0.2, 0) is 11.3 Å². The van der Waals surface area contributed by atoms with Gasteiger partial charge >= 0.3 is 5.97 Å². The van der Waals surface area contributed by atoms with Gasteiger partial charge in [-0.05, 0) is 6.07 Å². The van der Waals surface area contributed by atoms with Crippen molar-refractivity contribution in [3.05, 3.63) is 34.6 Å². The predicted octanol–water partition coefficient (Wildman–Crippen LogP) is 3.76. The minimum atomic E-state index is -0.970. The van der Waals surface area contributed by atoms with Crippen LogP contribution >= 0.6 is 35.0 Å². The van der Waals surface area contributed by atoms with Gasteiger partial charge in [0.05, 0.1) is 28.4 Å². The Balaban J connectivity index is 2.54. The zero-order chi connectivity index (χ0) is 14.9. The summed E-state index contributed by atoms with van der Waals surface area (Å²) >= 11 is 12.5. The third kappa shape index (κ3) is 3.26. The number of nitrogens with zero attached hydrogens (tertiary/aromatic N) is 2. The van der Waals surface area contributed by atoms with E-state index < -0.39 is 11.8 Å². The number of hydrogen-bond donors (Lipinski definition) is 1. The molecule has 8 heteroatoms. The largest absolute Gasteiger partial charge is 0.481 e. The highest BCUT2D eigenvalue weighted by Crippen LogP contribution is 2.29. The Bertz CT molecular complexity index is 702. The molecule has 0 aliphatic heterocycles. The molecule has 20 heavy (non-hydrogen) atoms. The number of carboxylic acid groups (broad SMARTS) is 1. The molecule has 0 fully saturated rings. The number of halogens is 3. The molecule has 4 nitrogen and oxygen atoms in total. The van der Waals surface area contributed by atoms with Crippen molar-refractivity contribution in [3.8, 4) is 0 Å². The second-order valence-corrected chi connectivity index (χ2v) is 5.82. The highest BCUT2D eigenvalue weighted by molar-refractivity contribution is 7.99. The lowest BCUT2D eigenvalue weighted by Gasteiger charge is -2.07. The van der Waals surface area contributed by atoms with Gasteiger partial charge in [-0.2, -0.15) is 0 Å². The number of carboxylic acids is 1. The maximum Gasteiger partial charge on any atom is 0.313 e. The van der Waals surface area contributed by atoms with E-state index in [1.54, 1.807) is 4.57 Å². The zero-order valence-electron chi connectivity index (χ0n) is 10.1. The van der Waals surface area contributed by atoms with E-state index >= 15 is 0 Å². The third-order valence-corrected chi connectivity index (χ3v) is 3.78. The molecular weight excluding hydrogens is 326 g/mol. The van der Waals surface area contributed by atoms with Gasteiger partial charge in [0.1, 0.15) is 5.82 Å². The van der Waals surface area contributed by atoms with Crippen LogP contribution in [0.5, 0.6) is 0 Å². The first-order valence-electron chi connectivity index (χ1n) is 5.41. The Hall–Kier alpha value is -1.24. The Morgan fingerprint density at radius 3 is 2.85 bits per heavy atom.